The van der Waals surface area contributed by atoms with Gasteiger partial charge >= 0.3 is 0 Å². The van der Waals surface area contributed by atoms with E-state index < -0.39 is 6.10 Å². The number of hydrogen-bond donors (Lipinski definition) is 2. The van der Waals surface area contributed by atoms with E-state index in [4.69, 9.17) is 9.47 Å². The highest BCUT2D eigenvalue weighted by Crippen LogP contribution is 2.09. The highest BCUT2D eigenvalue weighted by atomic mass is 32.1. The van der Waals surface area contributed by atoms with Gasteiger partial charge in [0, 0.05) is 24.1 Å². The summed E-state index contributed by atoms with van der Waals surface area (Å²) in [4.78, 5) is 1.18. The lowest BCUT2D eigenvalue weighted by atomic mass is 10.3. The molecule has 0 bridgehead atoms. The first-order chi connectivity index (χ1) is 8.72. The number of aliphatic hydroxyl groups excluding tert-OH is 1. The molecular formula is C13H23NO3S. The molecule has 5 heteroatoms. The first kappa shape index (κ1) is 15.6. The van der Waals surface area contributed by atoms with Crippen molar-refractivity contribution in [1.82, 2.24) is 5.32 Å². The summed E-state index contributed by atoms with van der Waals surface area (Å²) < 4.78 is 10.7. The monoisotopic (exact) mass is 273 g/mol. The zero-order chi connectivity index (χ0) is 13.2. The molecule has 0 aliphatic heterocycles. The smallest absolute Gasteiger partial charge is 0.0897 e. The molecule has 0 fully saturated rings. The summed E-state index contributed by atoms with van der Waals surface area (Å²) in [5, 5.41) is 15.0. The van der Waals surface area contributed by atoms with Crippen molar-refractivity contribution in [3.05, 3.63) is 22.4 Å². The summed E-state index contributed by atoms with van der Waals surface area (Å²) in [5.74, 6) is 0. The molecule has 104 valence electrons. The number of hydrogen-bond acceptors (Lipinski definition) is 5. The predicted molar refractivity (Wildman–Crippen MR) is 73.9 cm³/mol. The van der Waals surface area contributed by atoms with Gasteiger partial charge in [0.05, 0.1) is 25.9 Å². The van der Waals surface area contributed by atoms with E-state index in [9.17, 15) is 5.11 Å². The predicted octanol–water partition coefficient (Wildman–Crippen LogP) is 1.64. The number of rotatable bonds is 10. The molecule has 0 saturated heterocycles. The van der Waals surface area contributed by atoms with Gasteiger partial charge in [-0.25, -0.2) is 0 Å². The van der Waals surface area contributed by atoms with Crippen LogP contribution in [0, 0.1) is 0 Å². The van der Waals surface area contributed by atoms with E-state index in [-0.39, 0.29) is 6.04 Å². The minimum absolute atomic E-state index is 0.247. The highest BCUT2D eigenvalue weighted by Gasteiger charge is 2.07. The molecule has 4 nitrogen and oxygen atoms in total. The summed E-state index contributed by atoms with van der Waals surface area (Å²) in [5.41, 5.74) is 0. The lowest BCUT2D eigenvalue weighted by molar-refractivity contribution is 0.0266. The minimum Gasteiger partial charge on any atom is -0.389 e. The van der Waals surface area contributed by atoms with Crippen LogP contribution in [0.15, 0.2) is 17.5 Å². The Morgan fingerprint density at radius 2 is 2.22 bits per heavy atom. The van der Waals surface area contributed by atoms with Crippen molar-refractivity contribution in [2.75, 3.05) is 26.4 Å². The second-order valence-electron chi connectivity index (χ2n) is 4.22. The Morgan fingerprint density at radius 1 is 1.39 bits per heavy atom. The number of aliphatic hydroxyl groups is 1. The molecule has 0 aliphatic rings. The quantitative estimate of drug-likeness (QED) is 0.680. The first-order valence-corrected chi connectivity index (χ1v) is 7.19. The average Bonchev–Trinajstić information content (AvgIpc) is 2.87. The van der Waals surface area contributed by atoms with Crippen LogP contribution in [0.2, 0.25) is 0 Å². The van der Waals surface area contributed by atoms with E-state index in [1.807, 2.05) is 31.4 Å². The molecule has 1 heterocycles. The molecule has 0 spiro atoms. The Balaban J connectivity index is 2.01. The van der Waals surface area contributed by atoms with E-state index in [0.29, 0.717) is 26.4 Å². The number of thiophene rings is 1. The standard InChI is InChI=1S/C13H23NO3S/c1-3-16-8-11(2)14-7-12(15)9-17-10-13-5-4-6-18-13/h4-6,11-12,14-15H,3,7-10H2,1-2H3. The van der Waals surface area contributed by atoms with Crippen LogP contribution in [0.4, 0.5) is 0 Å². The fraction of sp³-hybridized carbons (Fsp3) is 0.692. The third kappa shape index (κ3) is 7.08. The van der Waals surface area contributed by atoms with Crippen LogP contribution in [0.3, 0.4) is 0 Å². The van der Waals surface area contributed by atoms with Crippen molar-refractivity contribution in [3.8, 4) is 0 Å². The van der Waals surface area contributed by atoms with Gasteiger partial charge in [-0.3, -0.25) is 0 Å². The maximum Gasteiger partial charge on any atom is 0.0897 e. The van der Waals surface area contributed by atoms with Crippen molar-refractivity contribution in [2.24, 2.45) is 0 Å². The van der Waals surface area contributed by atoms with Crippen LogP contribution in [0.1, 0.15) is 18.7 Å². The minimum atomic E-state index is -0.478. The maximum atomic E-state index is 9.73. The molecule has 1 aromatic heterocycles. The van der Waals surface area contributed by atoms with Gasteiger partial charge in [0.15, 0.2) is 0 Å². The van der Waals surface area contributed by atoms with Gasteiger partial charge in [-0.1, -0.05) is 6.07 Å². The molecule has 2 unspecified atom stereocenters. The van der Waals surface area contributed by atoms with Gasteiger partial charge in [-0.2, -0.15) is 0 Å². The zero-order valence-electron chi connectivity index (χ0n) is 11.1. The van der Waals surface area contributed by atoms with Crippen molar-refractivity contribution in [3.63, 3.8) is 0 Å². The van der Waals surface area contributed by atoms with Gasteiger partial charge in [0.1, 0.15) is 0 Å². The van der Waals surface area contributed by atoms with Crippen LogP contribution in [-0.2, 0) is 16.1 Å². The zero-order valence-corrected chi connectivity index (χ0v) is 11.9. The maximum absolute atomic E-state index is 9.73. The fourth-order valence-corrected chi connectivity index (χ4v) is 2.08. The van der Waals surface area contributed by atoms with Crippen LogP contribution < -0.4 is 5.32 Å². The van der Waals surface area contributed by atoms with E-state index >= 15 is 0 Å². The molecular weight excluding hydrogens is 250 g/mol. The average molecular weight is 273 g/mol. The lowest BCUT2D eigenvalue weighted by Gasteiger charge is -2.17. The van der Waals surface area contributed by atoms with Crippen LogP contribution in [0.5, 0.6) is 0 Å². The molecule has 2 N–H and O–H groups in total. The molecule has 1 rings (SSSR count). The molecule has 18 heavy (non-hydrogen) atoms. The van der Waals surface area contributed by atoms with Crippen molar-refractivity contribution >= 4 is 11.3 Å². The van der Waals surface area contributed by atoms with Gasteiger partial charge in [0.2, 0.25) is 0 Å². The lowest BCUT2D eigenvalue weighted by Crippen LogP contribution is -2.38. The van der Waals surface area contributed by atoms with Crippen LogP contribution in [0.25, 0.3) is 0 Å². The number of nitrogens with one attached hydrogen (secondary N) is 1. The second kappa shape index (κ2) is 9.47. The first-order valence-electron chi connectivity index (χ1n) is 6.31. The van der Waals surface area contributed by atoms with E-state index in [0.717, 1.165) is 6.61 Å². The van der Waals surface area contributed by atoms with E-state index in [1.54, 1.807) is 11.3 Å². The Kier molecular flexibility index (Phi) is 8.20. The summed E-state index contributed by atoms with van der Waals surface area (Å²) in [6.45, 7) is 6.85. The molecule has 0 radical (unpaired) electrons. The van der Waals surface area contributed by atoms with Crippen molar-refractivity contribution < 1.29 is 14.6 Å². The largest absolute Gasteiger partial charge is 0.389 e. The molecule has 2 atom stereocenters. The Hall–Kier alpha value is -0.460. The Morgan fingerprint density at radius 3 is 2.89 bits per heavy atom. The summed E-state index contributed by atoms with van der Waals surface area (Å²) >= 11 is 1.66. The van der Waals surface area contributed by atoms with Crippen LogP contribution in [-0.4, -0.2) is 43.6 Å². The summed E-state index contributed by atoms with van der Waals surface area (Å²) in [6.07, 6.45) is -0.478. The Bertz CT molecular complexity index is 292. The molecule has 0 aliphatic carbocycles. The number of ether oxygens (including phenoxy) is 2. The normalized spacial score (nSPS) is 14.6. The topological polar surface area (TPSA) is 50.7 Å². The molecule has 0 amide bonds. The van der Waals surface area contributed by atoms with Gasteiger partial charge in [-0.15, -0.1) is 11.3 Å². The second-order valence-corrected chi connectivity index (χ2v) is 5.25. The fourth-order valence-electron chi connectivity index (χ4n) is 1.44. The third-order valence-electron chi connectivity index (χ3n) is 2.41. The molecule has 0 saturated carbocycles. The SMILES string of the molecule is CCOCC(C)NCC(O)COCc1cccs1. The van der Waals surface area contributed by atoms with E-state index in [2.05, 4.69) is 5.32 Å². The van der Waals surface area contributed by atoms with E-state index in [1.165, 1.54) is 4.88 Å². The molecule has 1 aromatic rings. The van der Waals surface area contributed by atoms with Crippen molar-refractivity contribution in [2.45, 2.75) is 32.6 Å². The summed E-state index contributed by atoms with van der Waals surface area (Å²) in [7, 11) is 0. The van der Waals surface area contributed by atoms with Crippen LogP contribution >= 0.6 is 11.3 Å². The van der Waals surface area contributed by atoms with Crippen molar-refractivity contribution in [1.29, 1.82) is 0 Å². The highest BCUT2D eigenvalue weighted by molar-refractivity contribution is 7.09. The summed E-state index contributed by atoms with van der Waals surface area (Å²) in [6, 6.07) is 4.27. The molecule has 0 aromatic carbocycles. The van der Waals surface area contributed by atoms with Gasteiger partial charge in [-0.05, 0) is 25.3 Å². The Labute approximate surface area is 113 Å². The van der Waals surface area contributed by atoms with Gasteiger partial charge in [0.25, 0.3) is 0 Å². The van der Waals surface area contributed by atoms with Gasteiger partial charge < -0.3 is 19.9 Å². The third-order valence-corrected chi connectivity index (χ3v) is 3.26.